The number of halogens is 5. The molecule has 0 saturated carbocycles. The van der Waals surface area contributed by atoms with Crippen LogP contribution < -0.4 is 0 Å². The molecule has 4 aromatic rings. The van der Waals surface area contributed by atoms with E-state index in [0.29, 0.717) is 28.7 Å². The van der Waals surface area contributed by atoms with E-state index in [0.717, 1.165) is 10.5 Å². The van der Waals surface area contributed by atoms with Crippen LogP contribution in [0.2, 0.25) is 5.15 Å². The van der Waals surface area contributed by atoms with Gasteiger partial charge in [-0.2, -0.15) is 18.4 Å². The van der Waals surface area contributed by atoms with Gasteiger partial charge in [-0.05, 0) is 47.9 Å². The minimum atomic E-state index is -4.75. The van der Waals surface area contributed by atoms with Gasteiger partial charge in [-0.15, -0.1) is 0 Å². The van der Waals surface area contributed by atoms with Crippen molar-refractivity contribution < 1.29 is 26.8 Å². The summed E-state index contributed by atoms with van der Waals surface area (Å²) in [6.45, 7) is 0.273. The van der Waals surface area contributed by atoms with Crippen molar-refractivity contribution in [3.63, 3.8) is 0 Å². The number of rotatable bonds is 3. The molecule has 182 valence electrons. The first-order valence-corrected chi connectivity index (χ1v) is 11.0. The zero-order valence-electron chi connectivity index (χ0n) is 18.3. The van der Waals surface area contributed by atoms with E-state index in [2.05, 4.69) is 4.98 Å². The van der Waals surface area contributed by atoms with E-state index in [1.54, 1.807) is 6.08 Å². The number of aromatic nitrogens is 2. The Hall–Kier alpha value is -4.10. The van der Waals surface area contributed by atoms with Crippen molar-refractivity contribution >= 4 is 28.7 Å². The van der Waals surface area contributed by atoms with Crippen LogP contribution in [0.25, 0.3) is 22.3 Å². The van der Waals surface area contributed by atoms with Gasteiger partial charge in [0.25, 0.3) is 5.91 Å². The fourth-order valence-electron chi connectivity index (χ4n) is 4.18. The largest absolute Gasteiger partial charge is 0.472 e. The van der Waals surface area contributed by atoms with E-state index in [1.165, 1.54) is 47.9 Å². The average Bonchev–Trinajstić information content (AvgIpc) is 3.51. The van der Waals surface area contributed by atoms with Gasteiger partial charge in [0.05, 0.1) is 29.7 Å². The first-order chi connectivity index (χ1) is 17.2. The molecule has 0 N–H and O–H groups in total. The first kappa shape index (κ1) is 23.6. The van der Waals surface area contributed by atoms with Crippen molar-refractivity contribution in [2.75, 3.05) is 13.1 Å². The van der Waals surface area contributed by atoms with Crippen molar-refractivity contribution in [3.05, 3.63) is 88.5 Å². The van der Waals surface area contributed by atoms with E-state index in [-0.39, 0.29) is 29.5 Å². The summed E-state index contributed by atoms with van der Waals surface area (Å²) in [6.07, 6.45) is 1.24. The fraction of sp³-hybridized carbons (Fsp3) is 0.160. The number of amides is 1. The molecule has 0 bridgehead atoms. The predicted molar refractivity (Wildman–Crippen MR) is 123 cm³/mol. The fourth-order valence-corrected chi connectivity index (χ4v) is 4.43. The van der Waals surface area contributed by atoms with Crippen LogP contribution in [0.3, 0.4) is 0 Å². The zero-order valence-corrected chi connectivity index (χ0v) is 19.1. The summed E-state index contributed by atoms with van der Waals surface area (Å²) in [7, 11) is 0. The van der Waals surface area contributed by atoms with Crippen LogP contribution in [0, 0.1) is 17.1 Å². The number of nitrogens with zero attached hydrogens (tertiary/aromatic N) is 4. The third kappa shape index (κ3) is 4.12. The molecule has 0 fully saturated rings. The minimum absolute atomic E-state index is 0.0894. The summed E-state index contributed by atoms with van der Waals surface area (Å²) < 4.78 is 61.3. The third-order valence-corrected chi connectivity index (χ3v) is 6.33. The number of nitriles is 1. The smallest absolute Gasteiger partial charge is 0.420 e. The van der Waals surface area contributed by atoms with Crippen molar-refractivity contribution in [2.45, 2.75) is 12.6 Å². The number of carbonyl (C=O) groups is 1. The van der Waals surface area contributed by atoms with Gasteiger partial charge in [-0.3, -0.25) is 9.20 Å². The highest BCUT2D eigenvalue weighted by atomic mass is 35.5. The molecule has 1 aliphatic rings. The minimum Gasteiger partial charge on any atom is -0.472 e. The van der Waals surface area contributed by atoms with Crippen molar-refractivity contribution in [3.8, 4) is 17.2 Å². The lowest BCUT2D eigenvalue weighted by molar-refractivity contribution is -0.136. The lowest BCUT2D eigenvalue weighted by atomic mass is 9.95. The van der Waals surface area contributed by atoms with E-state index in [4.69, 9.17) is 16.0 Å². The molecule has 11 heteroatoms. The summed E-state index contributed by atoms with van der Waals surface area (Å²) in [5.74, 6) is -1.13. The van der Waals surface area contributed by atoms with Crippen molar-refractivity contribution in [2.24, 2.45) is 0 Å². The Bertz CT molecular complexity index is 1570. The highest BCUT2D eigenvalue weighted by Crippen LogP contribution is 2.37. The van der Waals surface area contributed by atoms with Crippen molar-refractivity contribution in [1.29, 1.82) is 5.26 Å². The summed E-state index contributed by atoms with van der Waals surface area (Å²) >= 11 is 6.38. The van der Waals surface area contributed by atoms with Gasteiger partial charge in [0.2, 0.25) is 0 Å². The van der Waals surface area contributed by atoms with Crippen LogP contribution in [0.15, 0.2) is 59.5 Å². The maximum absolute atomic E-state index is 13.9. The normalized spacial score (nSPS) is 14.1. The lowest BCUT2D eigenvalue weighted by Crippen LogP contribution is -2.35. The van der Waals surface area contributed by atoms with E-state index in [1.807, 2.05) is 6.07 Å². The highest BCUT2D eigenvalue weighted by Gasteiger charge is 2.36. The second-order valence-electron chi connectivity index (χ2n) is 8.13. The zero-order chi connectivity index (χ0) is 25.6. The summed E-state index contributed by atoms with van der Waals surface area (Å²) in [4.78, 5) is 18.6. The number of hydrogen-bond acceptors (Lipinski definition) is 4. The monoisotopic (exact) mass is 514 g/mol. The maximum atomic E-state index is 13.9. The number of benzene rings is 1. The van der Waals surface area contributed by atoms with Gasteiger partial charge < -0.3 is 9.32 Å². The van der Waals surface area contributed by atoms with E-state index in [9.17, 15) is 27.6 Å². The van der Waals surface area contributed by atoms with E-state index < -0.39 is 29.1 Å². The van der Waals surface area contributed by atoms with Crippen molar-refractivity contribution in [1.82, 2.24) is 14.3 Å². The summed E-state index contributed by atoms with van der Waals surface area (Å²) in [6, 6.07) is 8.29. The summed E-state index contributed by atoms with van der Waals surface area (Å²) in [5.41, 5.74) is 0.189. The standard InChI is InChI=1S/C25H15ClF4N4O2/c26-22-21(24(35)33-6-3-14(4-7-33)19-10-18(27)2-1-15(19)11-31)32-23-20(25(28,29)30)9-17(12-34(22)23)16-5-8-36-13-16/h1-3,5,8-10,12-13H,4,6-7H2. The molecule has 1 aromatic carbocycles. The molecule has 0 atom stereocenters. The number of alkyl halides is 3. The number of fused-ring (bicyclic) bond motifs is 1. The average molecular weight is 515 g/mol. The Balaban J connectivity index is 1.50. The molecular formula is C25H15ClF4N4O2. The molecule has 1 aliphatic heterocycles. The predicted octanol–water partition coefficient (Wildman–Crippen LogP) is 6.21. The molecular weight excluding hydrogens is 500 g/mol. The van der Waals surface area contributed by atoms with Gasteiger partial charge in [-0.1, -0.05) is 17.7 Å². The number of furan rings is 1. The SMILES string of the molecule is N#Cc1ccc(F)cc1C1=CCN(C(=O)c2nc3c(C(F)(F)F)cc(-c4ccoc4)cn3c2Cl)CC1. The Morgan fingerprint density at radius 1 is 1.19 bits per heavy atom. The number of pyridine rings is 1. The molecule has 0 spiro atoms. The Morgan fingerprint density at radius 3 is 2.64 bits per heavy atom. The second kappa shape index (κ2) is 8.84. The molecule has 1 amide bonds. The molecule has 0 aliphatic carbocycles. The molecule has 0 saturated heterocycles. The van der Waals surface area contributed by atoms with Gasteiger partial charge in [-0.25, -0.2) is 9.37 Å². The lowest BCUT2D eigenvalue weighted by Gasteiger charge is -2.26. The highest BCUT2D eigenvalue weighted by molar-refractivity contribution is 6.33. The molecule has 0 unspecified atom stereocenters. The van der Waals surface area contributed by atoms with Gasteiger partial charge in [0.15, 0.2) is 11.3 Å². The number of imidazole rings is 1. The maximum Gasteiger partial charge on any atom is 0.420 e. The van der Waals surface area contributed by atoms with Gasteiger partial charge in [0.1, 0.15) is 11.0 Å². The molecule has 0 radical (unpaired) electrons. The van der Waals surface area contributed by atoms with Crippen LogP contribution in [0.4, 0.5) is 17.6 Å². The Labute approximate surface area is 206 Å². The third-order valence-electron chi connectivity index (χ3n) is 5.97. The molecule has 3 aromatic heterocycles. The second-order valence-corrected chi connectivity index (χ2v) is 8.49. The molecule has 5 rings (SSSR count). The topological polar surface area (TPSA) is 74.5 Å². The van der Waals surface area contributed by atoms with Crippen LogP contribution in [-0.4, -0.2) is 33.3 Å². The van der Waals surface area contributed by atoms with E-state index >= 15 is 0 Å². The quantitative estimate of drug-likeness (QED) is 0.305. The van der Waals surface area contributed by atoms with Gasteiger partial charge >= 0.3 is 6.18 Å². The van der Waals surface area contributed by atoms with Crippen LogP contribution >= 0.6 is 11.6 Å². The molecule has 4 heterocycles. The number of carbonyl (C=O) groups excluding carboxylic acids is 1. The Morgan fingerprint density at radius 2 is 2.00 bits per heavy atom. The van der Waals surface area contributed by atoms with Crippen LogP contribution in [0.1, 0.15) is 33.6 Å². The summed E-state index contributed by atoms with van der Waals surface area (Å²) in [5, 5.41) is 9.06. The van der Waals surface area contributed by atoms with Crippen LogP contribution in [0.5, 0.6) is 0 Å². The van der Waals surface area contributed by atoms with Crippen LogP contribution in [-0.2, 0) is 6.18 Å². The number of hydrogen-bond donors (Lipinski definition) is 0. The molecule has 6 nitrogen and oxygen atoms in total. The Kier molecular flexibility index (Phi) is 5.80. The first-order valence-electron chi connectivity index (χ1n) is 10.7. The van der Waals surface area contributed by atoms with Gasteiger partial charge in [0, 0.05) is 30.4 Å². The molecule has 36 heavy (non-hydrogen) atoms.